The minimum absolute atomic E-state index is 0.0972. The van der Waals surface area contributed by atoms with E-state index in [0.717, 1.165) is 42.8 Å². The Labute approximate surface area is 167 Å². The first kappa shape index (κ1) is 18.6. The number of thioether (sulfide) groups is 1. The highest BCUT2D eigenvalue weighted by atomic mass is 32.2. The van der Waals surface area contributed by atoms with Crippen molar-refractivity contribution >= 4 is 17.7 Å². The third kappa shape index (κ3) is 3.64. The van der Waals surface area contributed by atoms with Crippen LogP contribution in [0.3, 0.4) is 0 Å². The Morgan fingerprint density at radius 3 is 2.57 bits per heavy atom. The molecule has 1 unspecified atom stereocenters. The van der Waals surface area contributed by atoms with Gasteiger partial charge in [-0.2, -0.15) is 0 Å². The summed E-state index contributed by atoms with van der Waals surface area (Å²) in [5.41, 5.74) is 1.73. The van der Waals surface area contributed by atoms with Gasteiger partial charge in [-0.3, -0.25) is 4.79 Å². The molecule has 1 saturated heterocycles. The lowest BCUT2D eigenvalue weighted by Crippen LogP contribution is -2.38. The van der Waals surface area contributed by atoms with Gasteiger partial charge >= 0.3 is 0 Å². The lowest BCUT2D eigenvalue weighted by atomic mass is 10.1. The molecule has 2 aromatic heterocycles. The van der Waals surface area contributed by atoms with Crippen molar-refractivity contribution < 1.29 is 9.21 Å². The van der Waals surface area contributed by atoms with Crippen LogP contribution in [-0.2, 0) is 4.79 Å². The second-order valence-corrected chi connectivity index (χ2v) is 7.93. The van der Waals surface area contributed by atoms with Gasteiger partial charge in [-0.15, -0.1) is 10.2 Å². The fourth-order valence-corrected chi connectivity index (χ4v) is 4.47. The number of likely N-dealkylation sites (tertiary alicyclic amines) is 1. The summed E-state index contributed by atoms with van der Waals surface area (Å²) in [6.07, 6.45) is 4.88. The number of carbonyl (C=O) groups is 1. The van der Waals surface area contributed by atoms with Gasteiger partial charge < -0.3 is 15.2 Å². The third-order valence-electron chi connectivity index (χ3n) is 4.98. The van der Waals surface area contributed by atoms with Crippen LogP contribution in [0, 0.1) is 6.92 Å². The summed E-state index contributed by atoms with van der Waals surface area (Å²) in [6.45, 7) is 3.46. The van der Waals surface area contributed by atoms with Crippen LogP contribution in [0.15, 0.2) is 52.2 Å². The Bertz CT molecular complexity index is 947. The molecule has 0 radical (unpaired) electrons. The van der Waals surface area contributed by atoms with E-state index in [1.54, 1.807) is 6.26 Å². The van der Waals surface area contributed by atoms with Crippen LogP contribution in [0.25, 0.3) is 11.4 Å². The lowest BCUT2D eigenvalue weighted by Gasteiger charge is -2.30. The fraction of sp³-hybridized carbons (Fsp3) is 0.350. The van der Waals surface area contributed by atoms with E-state index in [1.807, 2.05) is 48.2 Å². The van der Waals surface area contributed by atoms with Crippen LogP contribution < -0.4 is 5.84 Å². The molecule has 0 spiro atoms. The number of nitrogen functional groups attached to an aromatic ring is 1. The van der Waals surface area contributed by atoms with Crippen molar-refractivity contribution in [3.05, 3.63) is 54.0 Å². The van der Waals surface area contributed by atoms with Crippen molar-refractivity contribution in [1.82, 2.24) is 19.8 Å². The predicted molar refractivity (Wildman–Crippen MR) is 108 cm³/mol. The summed E-state index contributed by atoms with van der Waals surface area (Å²) < 4.78 is 6.78. The molecule has 28 heavy (non-hydrogen) atoms. The molecule has 1 fully saturated rings. The fourth-order valence-electron chi connectivity index (χ4n) is 3.43. The molecule has 0 saturated carbocycles. The zero-order chi connectivity index (χ0) is 19.5. The van der Waals surface area contributed by atoms with Crippen LogP contribution in [0.5, 0.6) is 0 Å². The van der Waals surface area contributed by atoms with E-state index in [9.17, 15) is 4.79 Å². The Balaban J connectivity index is 1.64. The lowest BCUT2D eigenvalue weighted by molar-refractivity contribution is -0.131. The summed E-state index contributed by atoms with van der Waals surface area (Å²) >= 11 is 1.34. The Morgan fingerprint density at radius 1 is 1.14 bits per heavy atom. The summed E-state index contributed by atoms with van der Waals surface area (Å²) in [4.78, 5) is 15.2. The summed E-state index contributed by atoms with van der Waals surface area (Å²) in [5, 5.41) is 8.55. The summed E-state index contributed by atoms with van der Waals surface area (Å²) in [6, 6.07) is 11.6. The number of nitrogens with two attached hydrogens (primary N) is 1. The van der Waals surface area contributed by atoms with Crippen LogP contribution in [0.4, 0.5) is 0 Å². The molecule has 8 heteroatoms. The van der Waals surface area contributed by atoms with Gasteiger partial charge in [0.1, 0.15) is 11.0 Å². The Kier molecular flexibility index (Phi) is 5.38. The maximum Gasteiger partial charge on any atom is 0.240 e. The molecule has 1 aliphatic rings. The van der Waals surface area contributed by atoms with Crippen LogP contribution in [0.1, 0.15) is 35.8 Å². The number of furan rings is 1. The first-order valence-electron chi connectivity index (χ1n) is 9.40. The smallest absolute Gasteiger partial charge is 0.240 e. The minimum Gasteiger partial charge on any atom is -0.469 e. The highest BCUT2D eigenvalue weighted by Gasteiger charge is 2.30. The van der Waals surface area contributed by atoms with Gasteiger partial charge in [0, 0.05) is 13.1 Å². The number of benzene rings is 1. The Morgan fingerprint density at radius 2 is 1.89 bits per heavy atom. The summed E-state index contributed by atoms with van der Waals surface area (Å²) in [7, 11) is 0. The van der Waals surface area contributed by atoms with E-state index in [0.29, 0.717) is 11.0 Å². The van der Waals surface area contributed by atoms with Crippen molar-refractivity contribution in [3.63, 3.8) is 0 Å². The standard InChI is InChI=1S/C20H23N5O2S/c1-14-16(10-13-27-14)18-22-23-20(25(18)21)28-17(15-8-4-2-5-9-15)19(26)24-11-6-3-7-12-24/h2,4-5,8-10,13,17H,3,6-7,11-12,21H2,1H3. The van der Waals surface area contributed by atoms with E-state index in [1.165, 1.54) is 22.9 Å². The highest BCUT2D eigenvalue weighted by molar-refractivity contribution is 8.00. The number of hydrogen-bond acceptors (Lipinski definition) is 6. The number of rotatable bonds is 5. The van der Waals surface area contributed by atoms with Crippen molar-refractivity contribution in [2.75, 3.05) is 18.9 Å². The third-order valence-corrected chi connectivity index (χ3v) is 6.18. The van der Waals surface area contributed by atoms with Crippen LogP contribution in [-0.4, -0.2) is 38.8 Å². The molecule has 1 aliphatic heterocycles. The molecule has 3 heterocycles. The quantitative estimate of drug-likeness (QED) is 0.524. The van der Waals surface area contributed by atoms with Gasteiger partial charge in [-0.25, -0.2) is 4.68 Å². The van der Waals surface area contributed by atoms with Gasteiger partial charge in [0.15, 0.2) is 5.82 Å². The molecular weight excluding hydrogens is 374 g/mol. The van der Waals surface area contributed by atoms with E-state index < -0.39 is 5.25 Å². The van der Waals surface area contributed by atoms with Crippen molar-refractivity contribution in [1.29, 1.82) is 0 Å². The number of amides is 1. The van der Waals surface area contributed by atoms with E-state index in [2.05, 4.69) is 10.2 Å². The number of aromatic nitrogens is 3. The molecule has 0 aliphatic carbocycles. The molecular formula is C20H23N5O2S. The molecule has 146 valence electrons. The van der Waals surface area contributed by atoms with Crippen LogP contribution >= 0.6 is 11.8 Å². The van der Waals surface area contributed by atoms with E-state index in [4.69, 9.17) is 10.3 Å². The van der Waals surface area contributed by atoms with Crippen molar-refractivity contribution in [2.24, 2.45) is 0 Å². The zero-order valence-corrected chi connectivity index (χ0v) is 16.6. The second kappa shape index (κ2) is 8.10. The monoisotopic (exact) mass is 397 g/mol. The van der Waals surface area contributed by atoms with Gasteiger partial charge in [0.2, 0.25) is 11.1 Å². The van der Waals surface area contributed by atoms with Crippen LogP contribution in [0.2, 0.25) is 0 Å². The Hall–Kier alpha value is -2.74. The number of hydrogen-bond donors (Lipinski definition) is 1. The van der Waals surface area contributed by atoms with Crippen molar-refractivity contribution in [2.45, 2.75) is 36.6 Å². The first-order valence-corrected chi connectivity index (χ1v) is 10.3. The largest absolute Gasteiger partial charge is 0.469 e. The first-order chi connectivity index (χ1) is 13.6. The maximum atomic E-state index is 13.3. The topological polar surface area (TPSA) is 90.2 Å². The molecule has 7 nitrogen and oxygen atoms in total. The highest BCUT2D eigenvalue weighted by Crippen LogP contribution is 2.37. The number of carbonyl (C=O) groups excluding carboxylic acids is 1. The number of nitrogens with zero attached hydrogens (tertiary/aromatic N) is 4. The zero-order valence-electron chi connectivity index (χ0n) is 15.7. The van der Waals surface area contributed by atoms with Gasteiger partial charge in [0.05, 0.1) is 11.8 Å². The maximum absolute atomic E-state index is 13.3. The molecule has 2 N–H and O–H groups in total. The molecule has 0 bridgehead atoms. The predicted octanol–water partition coefficient (Wildman–Crippen LogP) is 3.41. The minimum atomic E-state index is -0.413. The second-order valence-electron chi connectivity index (χ2n) is 6.86. The van der Waals surface area contributed by atoms with E-state index >= 15 is 0 Å². The SMILES string of the molecule is Cc1occc1-c1nnc(SC(C(=O)N2CCCCC2)c2ccccc2)n1N. The molecule has 3 aromatic rings. The molecule has 1 atom stereocenters. The average molecular weight is 398 g/mol. The summed E-state index contributed by atoms with van der Waals surface area (Å²) in [5.74, 6) is 7.61. The number of piperidine rings is 1. The number of aryl methyl sites for hydroxylation is 1. The molecule has 4 rings (SSSR count). The average Bonchev–Trinajstić information content (AvgIpc) is 3.32. The van der Waals surface area contributed by atoms with Crippen molar-refractivity contribution in [3.8, 4) is 11.4 Å². The molecule has 1 aromatic carbocycles. The normalized spacial score (nSPS) is 15.5. The molecule has 1 amide bonds. The van der Waals surface area contributed by atoms with Gasteiger partial charge in [-0.1, -0.05) is 42.1 Å². The van der Waals surface area contributed by atoms with Gasteiger partial charge in [0.25, 0.3) is 0 Å². The van der Waals surface area contributed by atoms with Gasteiger partial charge in [-0.05, 0) is 37.8 Å². The van der Waals surface area contributed by atoms with E-state index in [-0.39, 0.29) is 5.91 Å².